The first kappa shape index (κ1) is 19.7. The van der Waals surface area contributed by atoms with E-state index in [0.29, 0.717) is 24.4 Å². The third-order valence-electron chi connectivity index (χ3n) is 6.29. The molecule has 1 heterocycles. The van der Waals surface area contributed by atoms with Gasteiger partial charge in [-0.3, -0.25) is 0 Å². The van der Waals surface area contributed by atoms with Gasteiger partial charge in [0.1, 0.15) is 5.75 Å². The summed E-state index contributed by atoms with van der Waals surface area (Å²) < 4.78 is 5.99. The van der Waals surface area contributed by atoms with E-state index in [-0.39, 0.29) is 17.7 Å². The number of aryl methyl sites for hydroxylation is 1. The van der Waals surface area contributed by atoms with Crippen LogP contribution in [0.1, 0.15) is 52.7 Å². The van der Waals surface area contributed by atoms with Crippen LogP contribution in [0, 0.1) is 24.7 Å². The summed E-state index contributed by atoms with van der Waals surface area (Å²) in [7, 11) is 0. The van der Waals surface area contributed by atoms with Crippen molar-refractivity contribution in [3.8, 4) is 5.75 Å². The molecule has 2 N–H and O–H groups in total. The van der Waals surface area contributed by atoms with E-state index in [9.17, 15) is 9.90 Å². The molecule has 150 valence electrons. The van der Waals surface area contributed by atoms with Crippen LogP contribution in [0.25, 0.3) is 0 Å². The number of aliphatic hydroxyl groups is 1. The Bertz CT molecular complexity index is 870. The molecule has 0 radical (unpaired) electrons. The highest BCUT2D eigenvalue weighted by molar-refractivity contribution is 7.09. The highest BCUT2D eigenvalue weighted by atomic mass is 35.5. The fourth-order valence-electron chi connectivity index (χ4n) is 4.82. The predicted octanol–water partition coefficient (Wildman–Crippen LogP) is 4.76. The lowest BCUT2D eigenvalue weighted by molar-refractivity contribution is 0.0689. The Morgan fingerprint density at radius 3 is 2.89 bits per heavy atom. The molecule has 2 saturated carbocycles. The largest absolute Gasteiger partial charge is 0.493 e. The SMILES string of the molecule is Cc1cc(OC[C@@H]2[C@H]3CC[C@H](c4nc(C(=O)O)cs4)C[C@H]3C[C@H]2O)ccc1Cl. The molecule has 5 atom stereocenters. The smallest absolute Gasteiger partial charge is 0.355 e. The van der Waals surface area contributed by atoms with Gasteiger partial charge in [-0.1, -0.05) is 11.6 Å². The van der Waals surface area contributed by atoms with Crippen LogP contribution in [0.2, 0.25) is 5.02 Å². The van der Waals surface area contributed by atoms with Gasteiger partial charge in [0.05, 0.1) is 17.7 Å². The van der Waals surface area contributed by atoms with Crippen LogP contribution >= 0.6 is 22.9 Å². The second-order valence-electron chi connectivity index (χ2n) is 8.00. The van der Waals surface area contributed by atoms with Crippen LogP contribution in [0.3, 0.4) is 0 Å². The first-order chi connectivity index (χ1) is 13.4. The Morgan fingerprint density at radius 1 is 1.36 bits per heavy atom. The normalized spacial score (nSPS) is 29.5. The molecule has 0 amide bonds. The Hall–Kier alpha value is -1.63. The van der Waals surface area contributed by atoms with Crippen LogP contribution in [-0.2, 0) is 0 Å². The van der Waals surface area contributed by atoms with Gasteiger partial charge in [-0.15, -0.1) is 11.3 Å². The molecule has 2 fully saturated rings. The van der Waals surface area contributed by atoms with E-state index in [1.165, 1.54) is 11.3 Å². The number of thiazole rings is 1. The standard InChI is InChI=1S/C21H24ClNO4S/c1-11-6-14(3-5-17(11)22)27-9-16-15-4-2-12(7-13(15)8-19(16)24)20-23-18(10-28-20)21(25)26/h3,5-6,10,12-13,15-16,19,24H,2,4,7-9H2,1H3,(H,25,26)/t12-,13-,15-,16+,19+/m0/s1. The molecule has 2 aliphatic rings. The number of aromatic nitrogens is 1. The summed E-state index contributed by atoms with van der Waals surface area (Å²) in [4.78, 5) is 15.4. The molecule has 0 spiro atoms. The summed E-state index contributed by atoms with van der Waals surface area (Å²) >= 11 is 7.51. The number of benzene rings is 1. The molecule has 4 rings (SSSR count). The summed E-state index contributed by atoms with van der Waals surface area (Å²) in [6.45, 7) is 2.46. The van der Waals surface area contributed by atoms with Gasteiger partial charge >= 0.3 is 5.97 Å². The molecule has 0 bridgehead atoms. The number of nitrogens with zero attached hydrogens (tertiary/aromatic N) is 1. The van der Waals surface area contributed by atoms with Crippen molar-refractivity contribution < 1.29 is 19.7 Å². The Kier molecular flexibility index (Phi) is 5.63. The van der Waals surface area contributed by atoms with Crippen molar-refractivity contribution in [1.82, 2.24) is 4.98 Å². The van der Waals surface area contributed by atoms with Gasteiger partial charge in [0.2, 0.25) is 0 Å². The summed E-state index contributed by atoms with van der Waals surface area (Å²) in [5, 5.41) is 23.0. The number of fused-ring (bicyclic) bond motifs is 1. The number of aromatic carboxylic acids is 1. The number of hydrogen-bond donors (Lipinski definition) is 2. The van der Waals surface area contributed by atoms with Crippen LogP contribution in [0.15, 0.2) is 23.6 Å². The molecule has 0 saturated heterocycles. The molecular weight excluding hydrogens is 398 g/mol. The quantitative estimate of drug-likeness (QED) is 0.727. The predicted molar refractivity (Wildman–Crippen MR) is 108 cm³/mol. The first-order valence-electron chi connectivity index (χ1n) is 9.68. The summed E-state index contributed by atoms with van der Waals surface area (Å²) in [5.41, 5.74) is 1.12. The number of carboxylic acid groups (broad SMARTS) is 1. The van der Waals surface area contributed by atoms with E-state index in [1.54, 1.807) is 5.38 Å². The Morgan fingerprint density at radius 2 is 2.18 bits per heavy atom. The summed E-state index contributed by atoms with van der Waals surface area (Å²) in [5.74, 6) is 1.13. The Balaban J connectivity index is 1.39. The molecular formula is C21H24ClNO4S. The third kappa shape index (κ3) is 3.91. The second kappa shape index (κ2) is 8.01. The lowest BCUT2D eigenvalue weighted by atomic mass is 9.73. The van der Waals surface area contributed by atoms with E-state index >= 15 is 0 Å². The number of carboxylic acids is 1. The van der Waals surface area contributed by atoms with Crippen molar-refractivity contribution in [2.75, 3.05) is 6.61 Å². The maximum atomic E-state index is 11.1. The zero-order valence-corrected chi connectivity index (χ0v) is 17.2. The van der Waals surface area contributed by atoms with E-state index in [0.717, 1.165) is 47.0 Å². The van der Waals surface area contributed by atoms with E-state index < -0.39 is 5.97 Å². The number of hydrogen-bond acceptors (Lipinski definition) is 5. The third-order valence-corrected chi connectivity index (χ3v) is 7.72. The zero-order chi connectivity index (χ0) is 19.8. The van der Waals surface area contributed by atoms with Crippen molar-refractivity contribution in [2.24, 2.45) is 17.8 Å². The fraction of sp³-hybridized carbons (Fsp3) is 0.524. The van der Waals surface area contributed by atoms with Crippen molar-refractivity contribution in [3.05, 3.63) is 44.9 Å². The average Bonchev–Trinajstić information content (AvgIpc) is 3.27. The van der Waals surface area contributed by atoms with Gasteiger partial charge in [-0.05, 0) is 68.2 Å². The van der Waals surface area contributed by atoms with Gasteiger partial charge in [0.15, 0.2) is 5.69 Å². The van der Waals surface area contributed by atoms with Crippen molar-refractivity contribution in [2.45, 2.75) is 44.6 Å². The zero-order valence-electron chi connectivity index (χ0n) is 15.7. The van der Waals surface area contributed by atoms with Crippen LogP contribution in [0.4, 0.5) is 0 Å². The summed E-state index contributed by atoms with van der Waals surface area (Å²) in [6.07, 6.45) is 3.39. The first-order valence-corrected chi connectivity index (χ1v) is 10.9. The van der Waals surface area contributed by atoms with E-state index in [2.05, 4.69) is 4.98 Å². The number of rotatable bonds is 5. The van der Waals surface area contributed by atoms with Gasteiger partial charge in [-0.2, -0.15) is 0 Å². The van der Waals surface area contributed by atoms with Gasteiger partial charge in [0.25, 0.3) is 0 Å². The summed E-state index contributed by atoms with van der Waals surface area (Å²) in [6, 6.07) is 5.64. The van der Waals surface area contributed by atoms with Crippen molar-refractivity contribution in [3.63, 3.8) is 0 Å². The topological polar surface area (TPSA) is 79.7 Å². The fourth-order valence-corrected chi connectivity index (χ4v) is 5.89. The number of aliphatic hydroxyl groups excluding tert-OH is 1. The monoisotopic (exact) mass is 421 g/mol. The molecule has 0 aliphatic heterocycles. The van der Waals surface area contributed by atoms with E-state index in [1.807, 2.05) is 25.1 Å². The average molecular weight is 422 g/mol. The highest BCUT2D eigenvalue weighted by Gasteiger charge is 2.46. The van der Waals surface area contributed by atoms with E-state index in [4.69, 9.17) is 21.4 Å². The van der Waals surface area contributed by atoms with Crippen LogP contribution < -0.4 is 4.74 Å². The second-order valence-corrected chi connectivity index (χ2v) is 9.30. The molecule has 5 nitrogen and oxygen atoms in total. The van der Waals surface area contributed by atoms with Crippen molar-refractivity contribution in [1.29, 1.82) is 0 Å². The number of ether oxygens (including phenoxy) is 1. The molecule has 28 heavy (non-hydrogen) atoms. The minimum Gasteiger partial charge on any atom is -0.493 e. The van der Waals surface area contributed by atoms with Crippen molar-refractivity contribution >= 4 is 28.9 Å². The maximum absolute atomic E-state index is 11.1. The molecule has 1 aromatic heterocycles. The van der Waals surface area contributed by atoms with Crippen LogP contribution in [0.5, 0.6) is 5.75 Å². The molecule has 7 heteroatoms. The van der Waals surface area contributed by atoms with Gasteiger partial charge in [-0.25, -0.2) is 9.78 Å². The minimum absolute atomic E-state index is 0.132. The minimum atomic E-state index is -0.970. The number of carbonyl (C=O) groups is 1. The lowest BCUT2D eigenvalue weighted by Crippen LogP contribution is -2.29. The van der Waals surface area contributed by atoms with Gasteiger partial charge in [0, 0.05) is 22.2 Å². The van der Waals surface area contributed by atoms with Gasteiger partial charge < -0.3 is 14.9 Å². The maximum Gasteiger partial charge on any atom is 0.355 e. The number of halogens is 1. The molecule has 2 aliphatic carbocycles. The molecule has 1 aromatic carbocycles. The lowest BCUT2D eigenvalue weighted by Gasteiger charge is -2.33. The molecule has 2 aromatic rings. The highest BCUT2D eigenvalue weighted by Crippen LogP contribution is 2.50. The molecule has 0 unspecified atom stereocenters. The Labute approximate surface area is 173 Å². The van der Waals surface area contributed by atoms with Crippen LogP contribution in [-0.4, -0.2) is 33.9 Å².